The molecule has 0 bridgehead atoms. The quantitative estimate of drug-likeness (QED) is 0.901. The first-order valence-electron chi connectivity index (χ1n) is 7.23. The van der Waals surface area contributed by atoms with Gasteiger partial charge in [0.15, 0.2) is 11.6 Å². The second-order valence-electron chi connectivity index (χ2n) is 6.49. The lowest BCUT2D eigenvalue weighted by molar-refractivity contribution is 0.280. The Hall–Kier alpha value is -1.29. The number of halogens is 1. The molecule has 1 saturated heterocycles. The van der Waals surface area contributed by atoms with Gasteiger partial charge in [-0.2, -0.15) is 0 Å². The van der Waals surface area contributed by atoms with Crippen molar-refractivity contribution < 1.29 is 9.13 Å². The minimum absolute atomic E-state index is 0.188. The lowest BCUT2D eigenvalue weighted by atomic mass is 9.86. The van der Waals surface area contributed by atoms with E-state index in [9.17, 15) is 4.39 Å². The SMILES string of the molecule is COc1ccc(N2CCCNC(C(C)(C)C)C2)cc1F. The smallest absolute Gasteiger partial charge is 0.167 e. The highest BCUT2D eigenvalue weighted by Crippen LogP contribution is 2.27. The molecule has 0 saturated carbocycles. The molecular formula is C16H25FN2O. The number of methoxy groups -OCH3 is 1. The van der Waals surface area contributed by atoms with Gasteiger partial charge in [0.25, 0.3) is 0 Å². The molecule has 1 N–H and O–H groups in total. The largest absolute Gasteiger partial charge is 0.494 e. The van der Waals surface area contributed by atoms with Gasteiger partial charge in [-0.15, -0.1) is 0 Å². The van der Waals surface area contributed by atoms with E-state index in [2.05, 4.69) is 31.0 Å². The van der Waals surface area contributed by atoms with Crippen molar-refractivity contribution in [1.29, 1.82) is 0 Å². The summed E-state index contributed by atoms with van der Waals surface area (Å²) in [6.07, 6.45) is 1.07. The van der Waals surface area contributed by atoms with E-state index in [4.69, 9.17) is 4.74 Å². The molecule has 4 heteroatoms. The molecule has 2 rings (SSSR count). The fourth-order valence-electron chi connectivity index (χ4n) is 2.59. The standard InChI is InChI=1S/C16H25FN2O/c1-16(2,3)15-11-19(9-5-8-18-15)12-6-7-14(20-4)13(17)10-12/h6-7,10,15,18H,5,8-9,11H2,1-4H3. The van der Waals surface area contributed by atoms with Crippen LogP contribution in [0.2, 0.25) is 0 Å². The van der Waals surface area contributed by atoms with E-state index in [0.29, 0.717) is 11.8 Å². The molecular weight excluding hydrogens is 255 g/mol. The fraction of sp³-hybridized carbons (Fsp3) is 0.625. The van der Waals surface area contributed by atoms with Gasteiger partial charge in [0.1, 0.15) is 0 Å². The second kappa shape index (κ2) is 6.00. The number of hydrogen-bond donors (Lipinski definition) is 1. The van der Waals surface area contributed by atoms with Crippen molar-refractivity contribution in [3.05, 3.63) is 24.0 Å². The molecule has 0 aromatic heterocycles. The minimum atomic E-state index is -0.297. The molecule has 1 atom stereocenters. The summed E-state index contributed by atoms with van der Waals surface area (Å²) in [5.74, 6) is 0.00332. The molecule has 1 aliphatic rings. The van der Waals surface area contributed by atoms with Gasteiger partial charge in [-0.05, 0) is 30.5 Å². The number of nitrogens with one attached hydrogen (secondary N) is 1. The molecule has 1 fully saturated rings. The summed E-state index contributed by atoms with van der Waals surface area (Å²) in [6.45, 7) is 9.58. The highest BCUT2D eigenvalue weighted by Gasteiger charge is 2.28. The van der Waals surface area contributed by atoms with E-state index < -0.39 is 0 Å². The predicted molar refractivity (Wildman–Crippen MR) is 81.0 cm³/mol. The van der Waals surface area contributed by atoms with Crippen LogP contribution in [0.4, 0.5) is 10.1 Å². The molecule has 1 aromatic carbocycles. The first-order valence-corrected chi connectivity index (χ1v) is 7.23. The van der Waals surface area contributed by atoms with Gasteiger partial charge in [-0.25, -0.2) is 4.39 Å². The van der Waals surface area contributed by atoms with Crippen molar-refractivity contribution in [2.75, 3.05) is 31.6 Å². The first-order chi connectivity index (χ1) is 9.41. The Balaban J connectivity index is 2.20. The van der Waals surface area contributed by atoms with Crippen LogP contribution in [0.1, 0.15) is 27.2 Å². The maximum absolute atomic E-state index is 13.9. The van der Waals surface area contributed by atoms with Crippen molar-refractivity contribution >= 4 is 5.69 Å². The molecule has 20 heavy (non-hydrogen) atoms. The first kappa shape index (κ1) is 15.1. The summed E-state index contributed by atoms with van der Waals surface area (Å²) in [4.78, 5) is 2.26. The molecule has 1 aliphatic heterocycles. The second-order valence-corrected chi connectivity index (χ2v) is 6.49. The third-order valence-electron chi connectivity index (χ3n) is 3.94. The van der Waals surface area contributed by atoms with Gasteiger partial charge in [0.2, 0.25) is 0 Å². The number of benzene rings is 1. The zero-order valence-electron chi connectivity index (χ0n) is 12.9. The van der Waals surface area contributed by atoms with Crippen LogP contribution in [-0.2, 0) is 0 Å². The summed E-state index contributed by atoms with van der Waals surface area (Å²) in [7, 11) is 1.49. The maximum Gasteiger partial charge on any atom is 0.167 e. The van der Waals surface area contributed by atoms with Crippen molar-refractivity contribution in [1.82, 2.24) is 5.32 Å². The molecule has 0 radical (unpaired) electrons. The Morgan fingerprint density at radius 1 is 1.35 bits per heavy atom. The van der Waals surface area contributed by atoms with Crippen LogP contribution < -0.4 is 15.0 Å². The normalized spacial score (nSPS) is 20.6. The number of ether oxygens (including phenoxy) is 1. The van der Waals surface area contributed by atoms with Gasteiger partial charge in [0.05, 0.1) is 7.11 Å². The average Bonchev–Trinajstić information content (AvgIpc) is 2.64. The molecule has 0 aliphatic carbocycles. The van der Waals surface area contributed by atoms with Crippen LogP contribution in [0.25, 0.3) is 0 Å². The van der Waals surface area contributed by atoms with Gasteiger partial charge >= 0.3 is 0 Å². The average molecular weight is 280 g/mol. The van der Waals surface area contributed by atoms with E-state index in [1.54, 1.807) is 12.1 Å². The topological polar surface area (TPSA) is 24.5 Å². The lowest BCUT2D eigenvalue weighted by Gasteiger charge is -2.34. The number of anilines is 1. The lowest BCUT2D eigenvalue weighted by Crippen LogP contribution is -2.46. The van der Waals surface area contributed by atoms with Crippen LogP contribution in [0.15, 0.2) is 18.2 Å². The molecule has 3 nitrogen and oxygen atoms in total. The van der Waals surface area contributed by atoms with Crippen LogP contribution in [0.5, 0.6) is 5.75 Å². The molecule has 112 valence electrons. The Morgan fingerprint density at radius 3 is 2.70 bits per heavy atom. The monoisotopic (exact) mass is 280 g/mol. The zero-order chi connectivity index (χ0) is 14.8. The van der Waals surface area contributed by atoms with Gasteiger partial charge in [-0.3, -0.25) is 0 Å². The van der Waals surface area contributed by atoms with E-state index >= 15 is 0 Å². The highest BCUT2D eigenvalue weighted by atomic mass is 19.1. The Morgan fingerprint density at radius 2 is 2.10 bits per heavy atom. The van der Waals surface area contributed by atoms with Crippen molar-refractivity contribution in [2.24, 2.45) is 5.41 Å². The van der Waals surface area contributed by atoms with E-state index in [1.165, 1.54) is 7.11 Å². The summed E-state index contributed by atoms with van der Waals surface area (Å²) < 4.78 is 18.9. The molecule has 0 spiro atoms. The minimum Gasteiger partial charge on any atom is -0.494 e. The van der Waals surface area contributed by atoms with Crippen LogP contribution in [-0.4, -0.2) is 32.8 Å². The molecule has 1 aromatic rings. The Kier molecular flexibility index (Phi) is 4.53. The van der Waals surface area contributed by atoms with Crippen molar-refractivity contribution in [2.45, 2.75) is 33.2 Å². The Bertz CT molecular complexity index is 456. The van der Waals surface area contributed by atoms with Crippen molar-refractivity contribution in [3.8, 4) is 5.75 Å². The van der Waals surface area contributed by atoms with Crippen LogP contribution in [0.3, 0.4) is 0 Å². The molecule has 1 heterocycles. The van der Waals surface area contributed by atoms with E-state index in [0.717, 1.165) is 31.7 Å². The van der Waals surface area contributed by atoms with Crippen LogP contribution >= 0.6 is 0 Å². The summed E-state index contributed by atoms with van der Waals surface area (Å²) in [5, 5.41) is 3.60. The summed E-state index contributed by atoms with van der Waals surface area (Å²) in [5.41, 5.74) is 1.12. The molecule has 0 amide bonds. The number of nitrogens with zero attached hydrogens (tertiary/aromatic N) is 1. The zero-order valence-corrected chi connectivity index (χ0v) is 12.9. The Labute approximate surface area is 121 Å². The van der Waals surface area contributed by atoms with Gasteiger partial charge in [0, 0.05) is 30.9 Å². The number of hydrogen-bond acceptors (Lipinski definition) is 3. The maximum atomic E-state index is 13.9. The van der Waals surface area contributed by atoms with E-state index in [1.807, 2.05) is 6.07 Å². The summed E-state index contributed by atoms with van der Waals surface area (Å²) in [6, 6.07) is 5.61. The summed E-state index contributed by atoms with van der Waals surface area (Å²) >= 11 is 0. The van der Waals surface area contributed by atoms with Crippen molar-refractivity contribution in [3.63, 3.8) is 0 Å². The predicted octanol–water partition coefficient (Wildman–Crippen LogP) is 3.05. The number of rotatable bonds is 2. The van der Waals surface area contributed by atoms with Gasteiger partial charge in [-0.1, -0.05) is 20.8 Å². The third kappa shape index (κ3) is 3.42. The fourth-order valence-corrected chi connectivity index (χ4v) is 2.59. The van der Waals surface area contributed by atoms with Gasteiger partial charge < -0.3 is 15.0 Å². The highest BCUT2D eigenvalue weighted by molar-refractivity contribution is 5.50. The molecule has 1 unspecified atom stereocenters. The van der Waals surface area contributed by atoms with E-state index in [-0.39, 0.29) is 11.2 Å². The third-order valence-corrected chi connectivity index (χ3v) is 3.94. The van der Waals surface area contributed by atoms with Crippen LogP contribution in [0, 0.1) is 11.2 Å².